The molecule has 38 heteroatoms. The first-order chi connectivity index (χ1) is 47.4. The van der Waals surface area contributed by atoms with Crippen molar-refractivity contribution in [1.29, 1.82) is 5.41 Å². The summed E-state index contributed by atoms with van der Waals surface area (Å²) in [7, 11) is 3.18. The number of hydrogen-bond acceptors (Lipinski definition) is 26. The van der Waals surface area contributed by atoms with Gasteiger partial charge in [-0.2, -0.15) is 65.6 Å². The Bertz CT molecular complexity index is 3370. The van der Waals surface area contributed by atoms with Gasteiger partial charge in [-0.3, -0.25) is 42.4 Å². The van der Waals surface area contributed by atoms with Gasteiger partial charge in [-0.25, -0.2) is 75.9 Å². The number of H-pyrrole nitrogens is 1. The molecule has 1 aliphatic heterocycles. The maximum absolute atomic E-state index is 11.6. The van der Waals surface area contributed by atoms with Crippen LogP contribution in [0.4, 0.5) is 0 Å². The van der Waals surface area contributed by atoms with Gasteiger partial charge in [-0.1, -0.05) is 51.1 Å². The molecule has 0 aromatic carbocycles. The number of amidine groups is 1. The molecule has 2 amide bonds. The number of nitrogens with two attached hydrogens (primary N) is 4. The van der Waals surface area contributed by atoms with Crippen molar-refractivity contribution < 1.29 is 149 Å². The number of hydrazone groups is 1. The molecular weight excluding hydrogens is 2190 g/mol. The third-order valence-corrected chi connectivity index (χ3v) is 12.0. The molecule has 8 heterocycles. The minimum atomic E-state index is -0.502. The summed E-state index contributed by atoms with van der Waals surface area (Å²) in [5.41, 5.74) is 19.1. The number of carbonyl (C=O) groups excluding carboxylic acids is 3. The monoisotopic (exact) mass is 2320 g/mol. The van der Waals surface area contributed by atoms with Crippen molar-refractivity contribution in [2.24, 2.45) is 35.4 Å². The van der Waals surface area contributed by atoms with Crippen LogP contribution in [0.1, 0.15) is 218 Å². The van der Waals surface area contributed by atoms with Crippen LogP contribution in [0.15, 0.2) is 36.1 Å². The van der Waals surface area contributed by atoms with E-state index in [-0.39, 0.29) is 182 Å². The van der Waals surface area contributed by atoms with Crippen LogP contribution < -0.4 is 63.7 Å². The van der Waals surface area contributed by atoms with Gasteiger partial charge in [-0.05, 0) is 147 Å². The maximum Gasteiger partial charge on any atom is 2.00 e. The molecule has 0 aliphatic carbocycles. The molecule has 1 saturated heterocycles. The van der Waals surface area contributed by atoms with Crippen molar-refractivity contribution in [3.63, 3.8) is 0 Å². The first-order valence-electron chi connectivity index (χ1n) is 31.7. The Labute approximate surface area is 755 Å². The molecule has 8 rings (SSSR count). The summed E-state index contributed by atoms with van der Waals surface area (Å²) in [6.07, 6.45) is 12.4. The number of hydrazine groups is 2. The first kappa shape index (κ1) is 140. The van der Waals surface area contributed by atoms with Crippen LogP contribution in [0.25, 0.3) is 23.3 Å². The zero-order chi connectivity index (χ0) is 78.4. The fourth-order valence-corrected chi connectivity index (χ4v) is 5.90. The smallest absolute Gasteiger partial charge is 1.00 e. The second-order valence-electron chi connectivity index (χ2n) is 20.5. The number of hydrogen-bond donors (Lipinski definition) is 9. The molecule has 110 heavy (non-hydrogen) atoms. The molecule has 0 spiro atoms. The van der Waals surface area contributed by atoms with E-state index in [1.807, 2.05) is 164 Å². The minimum absolute atomic E-state index is 0. The summed E-state index contributed by atoms with van der Waals surface area (Å²) in [5, 5.41) is 29.7. The number of aryl methyl sites for hydroxylation is 11. The average molecular weight is 2320 g/mol. The van der Waals surface area contributed by atoms with Crippen LogP contribution in [0.5, 0.6) is 0 Å². The number of ether oxygens (including phenoxy) is 3. The fourth-order valence-electron chi connectivity index (χ4n) is 5.90. The number of rotatable bonds is 11. The number of nitrogen functional groups attached to an aromatic ring is 1. The molecule has 1 fully saturated rings. The van der Waals surface area contributed by atoms with Gasteiger partial charge in [0.25, 0.3) is 0 Å². The SMILES string of the molecule is C.C1CCOC1.CBr.CC.CC.CCO.CCOC(=N)[C-](C)C.CCl.COC(=O)c1ncc(C)c(C)n1.Cc1cnc(-c2n[nH]c([C-](C)C)n2)nc1C.Cc1cnc(-c2nc([C-](C)C)n(C)n2)nc1C.Cc1cnc(C(=O)NN)nc1C.Cc1cnc(C(=O)NN=C(N)[C-](C)C)nc1C.NN.[CH3-].[CH3-].[CH3-].[CH3-].[H-].[Na+].[W+2].[W+2].[W+2].[W+2]. The number of aliphatic hydroxyl groups is 1. The van der Waals surface area contributed by atoms with Gasteiger partial charge in [0.2, 0.25) is 29.1 Å². The van der Waals surface area contributed by atoms with E-state index in [9.17, 15) is 14.4 Å². The Morgan fingerprint density at radius 1 is 0.618 bits per heavy atom. The van der Waals surface area contributed by atoms with E-state index >= 15 is 0 Å². The number of halogens is 2. The molecule has 620 valence electrons. The van der Waals surface area contributed by atoms with Gasteiger partial charge >= 0.3 is 132 Å². The molecule has 0 atom stereocenters. The van der Waals surface area contributed by atoms with E-state index in [4.69, 9.17) is 31.6 Å². The molecule has 7 aromatic heterocycles. The predicted molar refractivity (Wildman–Crippen MR) is 435 cm³/mol. The van der Waals surface area contributed by atoms with Crippen molar-refractivity contribution in [3.8, 4) is 23.3 Å². The molecular formula is C72H131BrClN24NaO7W4. The topological polar surface area (TPSA) is 465 Å². The maximum atomic E-state index is 11.6. The minimum Gasteiger partial charge on any atom is -1.00 e. The predicted octanol–water partition coefficient (Wildman–Crippen LogP) is 9.67. The summed E-state index contributed by atoms with van der Waals surface area (Å²) in [6.45, 7) is 48.6. The molecule has 0 saturated carbocycles. The van der Waals surface area contributed by atoms with E-state index in [1.165, 1.54) is 26.3 Å². The number of nitrogens with one attached hydrogen (secondary N) is 4. The van der Waals surface area contributed by atoms with E-state index in [0.29, 0.717) is 35.8 Å². The standard InChI is InChI=1S/C12H16N5.C11H16N5O.C11H14N5.C8H10N2O2.C7H10N4O.C6H12NO.C4H8O.C2H6O.2C2H6.CH3Br.CH3Cl.CH4.4CH3.H4N2.Na.4W.H/c1-7(2)12-15-11(16-17(12)5)10-13-6-8(3)9(4)14-10;1-6(2)9(12)15-16-11(17)10-13-5-7(3)8(4)14-10;1-6(2)9-14-11(16-15-9)10-12-5-7(3)8(4)13-10;1-5-4-9-7(8(11)12-3)10-6(5)2;1-4-3-9-6(7(12)11-8)10-5(4)2;1-4-8-6(7)5(2)3;1-2-4-5-3-1;1-2-3;4*1-2;;;;;;1-2;;;;;;/h6H,1-5H3;5H,1-4H3,(H2,12,15)(H,16,17);5H,1-4H3,(H,14,15,16);4H,1-3H3;3H,8H2,1-2H3,(H,11,12);7H,4H2,1-3H3;1-4H2;3H,2H2,1H3;2*1-2H3;2*1H3;1H4;4*1H3;1-2H2;;;;;;/q3*-1;;;-1;;;;;;;;4*-1;;+1;4*+2;-1. The second-order valence-corrected chi connectivity index (χ2v) is 20.5. The van der Waals surface area contributed by atoms with Crippen LogP contribution >= 0.6 is 27.5 Å². The summed E-state index contributed by atoms with van der Waals surface area (Å²) in [6, 6.07) is 0. The molecule has 31 nitrogen and oxygen atoms in total. The van der Waals surface area contributed by atoms with E-state index < -0.39 is 17.8 Å². The van der Waals surface area contributed by atoms with Gasteiger partial charge in [-0.15, -0.1) is 16.7 Å². The molecule has 0 radical (unpaired) electrons. The van der Waals surface area contributed by atoms with Gasteiger partial charge in [0.15, 0.2) is 11.6 Å². The number of amides is 2. The zero-order valence-electron chi connectivity index (χ0n) is 71.9. The van der Waals surface area contributed by atoms with Crippen molar-refractivity contribution in [3.05, 3.63) is 170 Å². The van der Waals surface area contributed by atoms with Gasteiger partial charge in [0.1, 0.15) is 0 Å². The zero-order valence-corrected chi connectivity index (χ0v) is 87.0. The Kier molecular flexibility index (Phi) is 108. The number of alkyl halides is 2. The normalized spacial score (nSPS) is 9.13. The first-order valence-corrected chi connectivity index (χ1v) is 34.0. The summed E-state index contributed by atoms with van der Waals surface area (Å²) >= 11 is 7.58. The van der Waals surface area contributed by atoms with Crippen LogP contribution in [0.2, 0.25) is 0 Å². The Balaban J connectivity index is -0.0000000660. The van der Waals surface area contributed by atoms with Crippen molar-refractivity contribution in [2.45, 2.75) is 186 Å². The van der Waals surface area contributed by atoms with Gasteiger partial charge in [0, 0.05) is 98.6 Å². The number of nitrogens with zero attached hydrogens (tertiary/aromatic N) is 16. The summed E-state index contributed by atoms with van der Waals surface area (Å²) in [4.78, 5) is 83.0. The van der Waals surface area contributed by atoms with Crippen molar-refractivity contribution in [1.82, 2.24) is 90.6 Å². The van der Waals surface area contributed by atoms with Gasteiger partial charge in [0.05, 0.1) is 13.7 Å². The number of methoxy groups -OCH3 is 1. The third kappa shape index (κ3) is 59.5. The number of aliphatic hydroxyl groups excluding tert-OH is 1. The molecule has 0 unspecified atom stereocenters. The van der Waals surface area contributed by atoms with E-state index in [1.54, 1.807) is 56.4 Å². The largest absolute Gasteiger partial charge is 2.00 e. The third-order valence-electron chi connectivity index (χ3n) is 12.0. The average Bonchev–Trinajstić information content (AvgIpc) is 1.71. The van der Waals surface area contributed by atoms with Crippen molar-refractivity contribution >= 4 is 57.0 Å². The molecule has 0 bridgehead atoms. The Morgan fingerprint density at radius 3 is 1.24 bits per heavy atom. The van der Waals surface area contributed by atoms with Crippen LogP contribution in [0.3, 0.4) is 0 Å². The van der Waals surface area contributed by atoms with Gasteiger partial charge < -0.3 is 79.3 Å². The van der Waals surface area contributed by atoms with Crippen LogP contribution in [0, 0.1) is 128 Å². The Hall–Kier alpha value is -5.17. The fraction of sp³-hybridized carbons (Fsp3) is 0.486. The van der Waals surface area contributed by atoms with E-state index in [0.717, 1.165) is 105 Å². The quantitative estimate of drug-likeness (QED) is 0.00669. The number of aromatic nitrogens is 16. The summed E-state index contributed by atoms with van der Waals surface area (Å²) < 4.78 is 16.0. The number of carbonyl (C=O) groups is 3. The molecule has 7 aromatic rings. The molecule has 1 aliphatic rings. The second kappa shape index (κ2) is 84.7. The van der Waals surface area contributed by atoms with Crippen molar-refractivity contribution in [2.75, 3.05) is 45.8 Å². The van der Waals surface area contributed by atoms with E-state index in [2.05, 4.69) is 130 Å². The summed E-state index contributed by atoms with van der Waals surface area (Å²) in [5.74, 6) is 22.0. The number of aromatic amines is 1. The van der Waals surface area contributed by atoms with Crippen LogP contribution in [-0.4, -0.2) is 160 Å². The Morgan fingerprint density at radius 2 is 0.964 bits per heavy atom. The molecule has 13 N–H and O–H groups in total. The van der Waals surface area contributed by atoms with Crippen LogP contribution in [-0.2, 0) is 106 Å². The number of esters is 1.